The molecule has 0 heterocycles. The summed E-state index contributed by atoms with van der Waals surface area (Å²) < 4.78 is 5.07. The van der Waals surface area contributed by atoms with Gasteiger partial charge in [-0.1, -0.05) is 30.3 Å². The molecule has 2 aromatic rings. The van der Waals surface area contributed by atoms with Gasteiger partial charge in [0.1, 0.15) is 11.5 Å². The standard InChI is InChI=1S/C16H14O5/c1-10-7-12(21-9-14(17)18)8-13(15(10)19)16(20)11-5-3-2-4-6-11/h2-8,19H,9H2,1H3,(H,17,18). The first-order valence-electron chi connectivity index (χ1n) is 6.27. The highest BCUT2D eigenvalue weighted by molar-refractivity contribution is 6.11. The number of aryl methyl sites for hydroxylation is 1. The minimum atomic E-state index is -1.11. The molecule has 5 nitrogen and oxygen atoms in total. The molecule has 0 aromatic heterocycles. The lowest BCUT2D eigenvalue weighted by molar-refractivity contribution is -0.139. The fourth-order valence-corrected chi connectivity index (χ4v) is 1.89. The van der Waals surface area contributed by atoms with Gasteiger partial charge in [0, 0.05) is 5.56 Å². The quantitative estimate of drug-likeness (QED) is 0.824. The van der Waals surface area contributed by atoms with Gasteiger partial charge in [0.2, 0.25) is 0 Å². The van der Waals surface area contributed by atoms with Gasteiger partial charge in [0.25, 0.3) is 0 Å². The highest BCUT2D eigenvalue weighted by atomic mass is 16.5. The molecule has 2 N–H and O–H groups in total. The van der Waals surface area contributed by atoms with Crippen molar-refractivity contribution in [3.63, 3.8) is 0 Å². The summed E-state index contributed by atoms with van der Waals surface area (Å²) in [6, 6.07) is 11.3. The number of ether oxygens (including phenoxy) is 1. The van der Waals surface area contributed by atoms with Crippen molar-refractivity contribution in [3.8, 4) is 11.5 Å². The number of carboxylic acids is 1. The number of hydrogen-bond acceptors (Lipinski definition) is 4. The molecule has 0 saturated carbocycles. The van der Waals surface area contributed by atoms with E-state index in [1.807, 2.05) is 0 Å². The first-order valence-corrected chi connectivity index (χ1v) is 6.27. The van der Waals surface area contributed by atoms with Crippen molar-refractivity contribution in [2.45, 2.75) is 6.92 Å². The van der Waals surface area contributed by atoms with Gasteiger partial charge in [-0.15, -0.1) is 0 Å². The zero-order chi connectivity index (χ0) is 15.4. The molecule has 0 radical (unpaired) electrons. The summed E-state index contributed by atoms with van der Waals surface area (Å²) in [4.78, 5) is 22.9. The number of phenols is 1. The second-order valence-electron chi connectivity index (χ2n) is 4.51. The Hall–Kier alpha value is -2.82. The van der Waals surface area contributed by atoms with Gasteiger partial charge in [-0.2, -0.15) is 0 Å². The first kappa shape index (κ1) is 14.6. The Balaban J connectivity index is 2.38. The maximum atomic E-state index is 12.4. The highest BCUT2D eigenvalue weighted by Crippen LogP contribution is 2.29. The summed E-state index contributed by atoms with van der Waals surface area (Å²) in [6.07, 6.45) is 0. The average molecular weight is 286 g/mol. The molecular formula is C16H14O5. The topological polar surface area (TPSA) is 83.8 Å². The molecule has 21 heavy (non-hydrogen) atoms. The molecule has 2 rings (SSSR count). The fraction of sp³-hybridized carbons (Fsp3) is 0.125. The van der Waals surface area contributed by atoms with Crippen LogP contribution in [0.2, 0.25) is 0 Å². The fourth-order valence-electron chi connectivity index (χ4n) is 1.89. The second-order valence-corrected chi connectivity index (χ2v) is 4.51. The number of carbonyl (C=O) groups is 2. The van der Waals surface area contributed by atoms with Gasteiger partial charge in [-0.25, -0.2) is 4.79 Å². The number of phenolic OH excluding ortho intramolecular Hbond substituents is 1. The Morgan fingerprint density at radius 1 is 1.14 bits per heavy atom. The van der Waals surface area contributed by atoms with Crippen LogP contribution in [0.5, 0.6) is 11.5 Å². The van der Waals surface area contributed by atoms with Crippen LogP contribution in [0, 0.1) is 6.92 Å². The Kier molecular flexibility index (Phi) is 4.23. The van der Waals surface area contributed by atoms with E-state index in [4.69, 9.17) is 9.84 Å². The molecule has 0 spiro atoms. The van der Waals surface area contributed by atoms with Gasteiger partial charge in [-0.05, 0) is 24.6 Å². The second kappa shape index (κ2) is 6.09. The number of benzene rings is 2. The molecule has 2 aromatic carbocycles. The minimum Gasteiger partial charge on any atom is -0.507 e. The summed E-state index contributed by atoms with van der Waals surface area (Å²) in [5.41, 5.74) is 0.960. The number of rotatable bonds is 5. The molecular weight excluding hydrogens is 272 g/mol. The van der Waals surface area contributed by atoms with E-state index in [0.29, 0.717) is 11.1 Å². The number of ketones is 1. The molecule has 0 bridgehead atoms. The van der Waals surface area contributed by atoms with E-state index in [2.05, 4.69) is 0 Å². The Labute approximate surface area is 121 Å². The third-order valence-corrected chi connectivity index (χ3v) is 2.92. The normalized spacial score (nSPS) is 10.1. The van der Waals surface area contributed by atoms with Crippen molar-refractivity contribution in [1.82, 2.24) is 0 Å². The molecule has 0 amide bonds. The average Bonchev–Trinajstić information content (AvgIpc) is 2.48. The van der Waals surface area contributed by atoms with Crippen molar-refractivity contribution in [1.29, 1.82) is 0 Å². The number of hydrogen-bond donors (Lipinski definition) is 2. The van der Waals surface area contributed by atoms with E-state index in [-0.39, 0.29) is 22.8 Å². The maximum absolute atomic E-state index is 12.4. The summed E-state index contributed by atoms with van der Waals surface area (Å²) >= 11 is 0. The largest absolute Gasteiger partial charge is 0.507 e. The molecule has 108 valence electrons. The van der Waals surface area contributed by atoms with Crippen molar-refractivity contribution >= 4 is 11.8 Å². The number of aliphatic carboxylic acids is 1. The third kappa shape index (κ3) is 3.39. The van der Waals surface area contributed by atoms with Crippen molar-refractivity contribution in [3.05, 3.63) is 59.2 Å². The minimum absolute atomic E-state index is 0.0848. The predicted molar refractivity (Wildman–Crippen MR) is 75.8 cm³/mol. The molecule has 0 aliphatic carbocycles. The Bertz CT molecular complexity index is 677. The van der Waals surface area contributed by atoms with Crippen molar-refractivity contribution < 1.29 is 24.5 Å². The van der Waals surface area contributed by atoms with Gasteiger partial charge < -0.3 is 14.9 Å². The van der Waals surface area contributed by atoms with Crippen LogP contribution in [0.4, 0.5) is 0 Å². The van der Waals surface area contributed by atoms with Gasteiger partial charge in [-0.3, -0.25) is 4.79 Å². The van der Waals surface area contributed by atoms with Crippen LogP contribution in [0.15, 0.2) is 42.5 Å². The van der Waals surface area contributed by atoms with E-state index in [0.717, 1.165) is 0 Å². The number of carbonyl (C=O) groups excluding carboxylic acids is 1. The van der Waals surface area contributed by atoms with Crippen molar-refractivity contribution in [2.24, 2.45) is 0 Å². The molecule has 0 atom stereocenters. The molecule has 0 fully saturated rings. The smallest absolute Gasteiger partial charge is 0.341 e. The third-order valence-electron chi connectivity index (χ3n) is 2.92. The summed E-state index contributed by atoms with van der Waals surface area (Å²) in [7, 11) is 0. The SMILES string of the molecule is Cc1cc(OCC(=O)O)cc(C(=O)c2ccccc2)c1O. The zero-order valence-electron chi connectivity index (χ0n) is 11.4. The molecule has 0 unspecified atom stereocenters. The molecule has 0 aliphatic heterocycles. The monoisotopic (exact) mass is 286 g/mol. The van der Waals surface area contributed by atoms with Gasteiger partial charge >= 0.3 is 5.97 Å². The summed E-state index contributed by atoms with van der Waals surface area (Å²) in [5.74, 6) is -1.37. The zero-order valence-corrected chi connectivity index (χ0v) is 11.4. The van der Waals surface area contributed by atoms with Crippen LogP contribution >= 0.6 is 0 Å². The van der Waals surface area contributed by atoms with Crippen LogP contribution in [-0.2, 0) is 4.79 Å². The highest BCUT2D eigenvalue weighted by Gasteiger charge is 2.17. The lowest BCUT2D eigenvalue weighted by Crippen LogP contribution is -2.10. The van der Waals surface area contributed by atoms with Gasteiger partial charge in [0.15, 0.2) is 12.4 Å². The van der Waals surface area contributed by atoms with Crippen LogP contribution in [0.1, 0.15) is 21.5 Å². The Morgan fingerprint density at radius 3 is 2.43 bits per heavy atom. The summed E-state index contributed by atoms with van der Waals surface area (Å²) in [5, 5.41) is 18.7. The molecule has 0 aliphatic rings. The van der Waals surface area contributed by atoms with Crippen LogP contribution < -0.4 is 4.74 Å². The lowest BCUT2D eigenvalue weighted by atomic mass is 10.00. The lowest BCUT2D eigenvalue weighted by Gasteiger charge is -2.10. The number of carboxylic acid groups (broad SMARTS) is 1. The molecule has 0 saturated heterocycles. The Morgan fingerprint density at radius 2 is 1.81 bits per heavy atom. The van der Waals surface area contributed by atoms with E-state index >= 15 is 0 Å². The van der Waals surface area contributed by atoms with Crippen LogP contribution in [-0.4, -0.2) is 28.6 Å². The maximum Gasteiger partial charge on any atom is 0.341 e. The van der Waals surface area contributed by atoms with E-state index in [1.54, 1.807) is 37.3 Å². The van der Waals surface area contributed by atoms with Crippen molar-refractivity contribution in [2.75, 3.05) is 6.61 Å². The van der Waals surface area contributed by atoms with E-state index in [1.165, 1.54) is 12.1 Å². The molecule has 5 heteroatoms. The van der Waals surface area contributed by atoms with E-state index < -0.39 is 12.6 Å². The summed E-state index contributed by atoms with van der Waals surface area (Å²) in [6.45, 7) is 1.11. The number of aromatic hydroxyl groups is 1. The van der Waals surface area contributed by atoms with Gasteiger partial charge in [0.05, 0.1) is 5.56 Å². The first-order chi connectivity index (χ1) is 9.99. The van der Waals surface area contributed by atoms with Crippen LogP contribution in [0.25, 0.3) is 0 Å². The predicted octanol–water partition coefficient (Wildman–Crippen LogP) is 2.40. The van der Waals surface area contributed by atoms with E-state index in [9.17, 15) is 14.7 Å². The van der Waals surface area contributed by atoms with Crippen LogP contribution in [0.3, 0.4) is 0 Å².